The Morgan fingerprint density at radius 1 is 1.22 bits per heavy atom. The Labute approximate surface area is 109 Å². The number of hydrogen-bond donors (Lipinski definition) is 2. The summed E-state index contributed by atoms with van der Waals surface area (Å²) in [4.78, 5) is 0. The van der Waals surface area contributed by atoms with E-state index in [0.29, 0.717) is 5.41 Å². The molecule has 1 heterocycles. The van der Waals surface area contributed by atoms with Crippen LogP contribution in [0.25, 0.3) is 0 Å². The van der Waals surface area contributed by atoms with Crippen molar-refractivity contribution in [1.29, 1.82) is 0 Å². The molecule has 4 aliphatic rings. The van der Waals surface area contributed by atoms with Crippen LogP contribution in [-0.2, 0) is 5.41 Å². The van der Waals surface area contributed by atoms with E-state index in [2.05, 4.69) is 28.5 Å². The monoisotopic (exact) mass is 245 g/mol. The highest BCUT2D eigenvalue weighted by atomic mass is 15.2. The van der Waals surface area contributed by atoms with Gasteiger partial charge in [0.25, 0.3) is 0 Å². The third-order valence-corrected chi connectivity index (χ3v) is 5.55. The highest BCUT2D eigenvalue weighted by molar-refractivity contribution is 5.38. The van der Waals surface area contributed by atoms with E-state index < -0.39 is 0 Å². The second-order valence-corrected chi connectivity index (χ2v) is 6.90. The summed E-state index contributed by atoms with van der Waals surface area (Å²) in [6, 6.07) is 2.27. The summed E-state index contributed by atoms with van der Waals surface area (Å²) in [6.45, 7) is 3.07. The van der Waals surface area contributed by atoms with Crippen molar-refractivity contribution in [3.05, 3.63) is 11.8 Å². The average Bonchev–Trinajstić information content (AvgIpc) is 2.77. The minimum absolute atomic E-state index is 0.454. The van der Waals surface area contributed by atoms with Gasteiger partial charge >= 0.3 is 0 Å². The molecule has 2 N–H and O–H groups in total. The van der Waals surface area contributed by atoms with Crippen LogP contribution in [-0.4, -0.2) is 16.7 Å². The van der Waals surface area contributed by atoms with Gasteiger partial charge in [-0.2, -0.15) is 5.10 Å². The molecule has 4 bridgehead atoms. The number of hydrogen-bond acceptors (Lipinski definition) is 2. The lowest BCUT2D eigenvalue weighted by molar-refractivity contribution is -0.00721. The molecule has 3 nitrogen and oxygen atoms in total. The van der Waals surface area contributed by atoms with Gasteiger partial charge in [-0.25, -0.2) is 0 Å². The molecule has 4 saturated carbocycles. The summed E-state index contributed by atoms with van der Waals surface area (Å²) in [5.74, 6) is 4.04. The maximum absolute atomic E-state index is 4.43. The van der Waals surface area contributed by atoms with Crippen LogP contribution < -0.4 is 5.32 Å². The van der Waals surface area contributed by atoms with Crippen LogP contribution in [0.1, 0.15) is 51.1 Å². The lowest BCUT2D eigenvalue weighted by Gasteiger charge is -2.56. The molecule has 0 spiro atoms. The van der Waals surface area contributed by atoms with Gasteiger partial charge in [0.2, 0.25) is 0 Å². The first-order chi connectivity index (χ1) is 8.77. The molecule has 0 amide bonds. The van der Waals surface area contributed by atoms with Gasteiger partial charge in [0.05, 0.1) is 0 Å². The molecular formula is C15H23N3. The van der Waals surface area contributed by atoms with Crippen molar-refractivity contribution < 1.29 is 0 Å². The van der Waals surface area contributed by atoms with Crippen molar-refractivity contribution in [2.24, 2.45) is 17.8 Å². The Morgan fingerprint density at radius 2 is 1.83 bits per heavy atom. The number of rotatable bonds is 3. The molecule has 0 saturated heterocycles. The van der Waals surface area contributed by atoms with E-state index in [1.54, 1.807) is 0 Å². The molecule has 0 radical (unpaired) electrons. The van der Waals surface area contributed by atoms with E-state index in [4.69, 9.17) is 0 Å². The van der Waals surface area contributed by atoms with Crippen LogP contribution in [0.2, 0.25) is 0 Å². The third kappa shape index (κ3) is 1.52. The van der Waals surface area contributed by atoms with Crippen LogP contribution in [0.15, 0.2) is 6.07 Å². The first-order valence-electron chi connectivity index (χ1n) is 7.57. The second kappa shape index (κ2) is 3.75. The second-order valence-electron chi connectivity index (χ2n) is 6.90. The smallest absolute Gasteiger partial charge is 0.148 e. The molecule has 1 aromatic heterocycles. The molecule has 0 aliphatic heterocycles. The van der Waals surface area contributed by atoms with Gasteiger partial charge in [-0.05, 0) is 63.2 Å². The summed E-state index contributed by atoms with van der Waals surface area (Å²) in [7, 11) is 0. The van der Waals surface area contributed by atoms with Crippen molar-refractivity contribution in [2.75, 3.05) is 11.9 Å². The average molecular weight is 245 g/mol. The topological polar surface area (TPSA) is 40.7 Å². The van der Waals surface area contributed by atoms with Crippen molar-refractivity contribution >= 4 is 5.82 Å². The van der Waals surface area contributed by atoms with Gasteiger partial charge in [-0.1, -0.05) is 0 Å². The summed E-state index contributed by atoms with van der Waals surface area (Å²) in [5.41, 5.74) is 1.87. The normalized spacial score (nSPS) is 41.3. The molecule has 4 aliphatic carbocycles. The lowest BCUT2D eigenvalue weighted by Crippen LogP contribution is -2.48. The first kappa shape index (κ1) is 10.9. The van der Waals surface area contributed by atoms with Gasteiger partial charge in [0, 0.05) is 23.7 Å². The molecule has 3 heteroatoms. The van der Waals surface area contributed by atoms with Gasteiger partial charge in [-0.3, -0.25) is 5.10 Å². The number of aromatic nitrogens is 2. The minimum Gasteiger partial charge on any atom is -0.369 e. The zero-order valence-corrected chi connectivity index (χ0v) is 11.2. The van der Waals surface area contributed by atoms with E-state index in [1.807, 2.05) is 0 Å². The predicted octanol–water partition coefficient (Wildman–Crippen LogP) is 3.31. The fraction of sp³-hybridized carbons (Fsp3) is 0.800. The maximum atomic E-state index is 4.43. The van der Waals surface area contributed by atoms with E-state index >= 15 is 0 Å². The molecule has 1 aromatic rings. The van der Waals surface area contributed by atoms with Gasteiger partial charge in [0.15, 0.2) is 0 Å². The van der Waals surface area contributed by atoms with Crippen molar-refractivity contribution in [2.45, 2.75) is 50.9 Å². The Hall–Kier alpha value is -0.990. The van der Waals surface area contributed by atoms with Crippen LogP contribution >= 0.6 is 0 Å². The highest BCUT2D eigenvalue weighted by Crippen LogP contribution is 2.60. The van der Waals surface area contributed by atoms with E-state index in [-0.39, 0.29) is 0 Å². The van der Waals surface area contributed by atoms with Crippen LogP contribution in [0, 0.1) is 17.8 Å². The number of aromatic amines is 1. The zero-order chi connectivity index (χ0) is 12.2. The van der Waals surface area contributed by atoms with Crippen molar-refractivity contribution in [1.82, 2.24) is 10.2 Å². The van der Waals surface area contributed by atoms with Gasteiger partial charge < -0.3 is 5.32 Å². The predicted molar refractivity (Wildman–Crippen MR) is 72.6 cm³/mol. The Morgan fingerprint density at radius 3 is 2.39 bits per heavy atom. The van der Waals surface area contributed by atoms with Crippen LogP contribution in [0.3, 0.4) is 0 Å². The Bertz CT molecular complexity index is 413. The SMILES string of the molecule is CCNc1cc(C23CC4CC(CC(C4)C2)C3)[nH]n1. The number of nitrogens with zero attached hydrogens (tertiary/aromatic N) is 1. The standard InChI is InChI=1S/C15H23N3/c1-2-16-14-6-13(17-18-14)15-7-10-3-11(8-15)5-12(4-10)9-15/h6,10-12H,2-5,7-9H2,1H3,(H2,16,17,18). The number of nitrogens with one attached hydrogen (secondary N) is 2. The van der Waals surface area contributed by atoms with Crippen LogP contribution in [0.5, 0.6) is 0 Å². The van der Waals surface area contributed by atoms with Crippen molar-refractivity contribution in [3.63, 3.8) is 0 Å². The molecule has 0 atom stereocenters. The molecular weight excluding hydrogens is 222 g/mol. The maximum Gasteiger partial charge on any atom is 0.148 e. The number of anilines is 1. The van der Waals surface area contributed by atoms with Gasteiger partial charge in [0.1, 0.15) is 5.82 Å². The molecule has 0 aromatic carbocycles. The Balaban J connectivity index is 1.66. The lowest BCUT2D eigenvalue weighted by atomic mass is 9.49. The molecule has 4 fully saturated rings. The fourth-order valence-electron chi connectivity index (χ4n) is 5.31. The Kier molecular flexibility index (Phi) is 2.27. The number of H-pyrrole nitrogens is 1. The molecule has 98 valence electrons. The fourth-order valence-corrected chi connectivity index (χ4v) is 5.31. The van der Waals surface area contributed by atoms with Crippen molar-refractivity contribution in [3.8, 4) is 0 Å². The van der Waals surface area contributed by atoms with E-state index in [1.165, 1.54) is 44.2 Å². The molecule has 0 unspecified atom stereocenters. The zero-order valence-electron chi connectivity index (χ0n) is 11.2. The molecule has 5 rings (SSSR count). The summed E-state index contributed by atoms with van der Waals surface area (Å²) in [6.07, 6.45) is 8.75. The highest BCUT2D eigenvalue weighted by Gasteiger charge is 2.52. The third-order valence-electron chi connectivity index (χ3n) is 5.55. The van der Waals surface area contributed by atoms with E-state index in [9.17, 15) is 0 Å². The first-order valence-corrected chi connectivity index (χ1v) is 7.57. The van der Waals surface area contributed by atoms with Gasteiger partial charge in [-0.15, -0.1) is 0 Å². The summed E-state index contributed by atoms with van der Waals surface area (Å²) < 4.78 is 0. The summed E-state index contributed by atoms with van der Waals surface area (Å²) in [5, 5.41) is 11.1. The quantitative estimate of drug-likeness (QED) is 0.857. The largest absolute Gasteiger partial charge is 0.369 e. The van der Waals surface area contributed by atoms with Crippen LogP contribution in [0.4, 0.5) is 5.82 Å². The summed E-state index contributed by atoms with van der Waals surface area (Å²) >= 11 is 0. The van der Waals surface area contributed by atoms with E-state index in [0.717, 1.165) is 30.1 Å². The molecule has 18 heavy (non-hydrogen) atoms. The minimum atomic E-state index is 0.454.